The molecular weight excluding hydrogens is 308 g/mol. The fraction of sp³-hybridized carbons (Fsp3) is 0.294. The highest BCUT2D eigenvalue weighted by Crippen LogP contribution is 2.23. The summed E-state index contributed by atoms with van der Waals surface area (Å²) in [4.78, 5) is 41.4. The van der Waals surface area contributed by atoms with E-state index in [1.165, 1.54) is 11.0 Å². The molecule has 0 N–H and O–H groups in total. The minimum atomic E-state index is -0.631. The molecule has 2 aliphatic heterocycles. The third-order valence-corrected chi connectivity index (χ3v) is 4.27. The Morgan fingerprint density at radius 1 is 1.29 bits per heavy atom. The largest absolute Gasteiger partial charge is 0.334 e. The van der Waals surface area contributed by atoms with Gasteiger partial charge >= 0.3 is 6.03 Å². The second kappa shape index (κ2) is 6.16. The Bertz CT molecular complexity index is 750. The van der Waals surface area contributed by atoms with Crippen molar-refractivity contribution in [2.24, 2.45) is 0 Å². The van der Waals surface area contributed by atoms with E-state index in [1.54, 1.807) is 29.2 Å². The van der Waals surface area contributed by atoms with Gasteiger partial charge in [0.05, 0.1) is 18.2 Å². The molecule has 122 valence electrons. The van der Waals surface area contributed by atoms with Crippen LogP contribution in [-0.4, -0.2) is 64.8 Å². The standard InChI is InChI=1S/C17H16N4O3/c1-2-7-21-16(23)14-11-19(8-9-20(14)17(21)24)15(22)13-5-3-12(10-18)4-6-13/h2-6,14H,1,7-9,11H2/t14-/m0/s1. The zero-order valence-electron chi connectivity index (χ0n) is 13.0. The van der Waals surface area contributed by atoms with E-state index in [1.807, 2.05) is 6.07 Å². The molecule has 2 heterocycles. The molecule has 0 saturated carbocycles. The Morgan fingerprint density at radius 3 is 2.62 bits per heavy atom. The lowest BCUT2D eigenvalue weighted by Crippen LogP contribution is -2.54. The zero-order chi connectivity index (χ0) is 17.3. The Labute approximate surface area is 139 Å². The molecule has 0 aromatic heterocycles. The lowest BCUT2D eigenvalue weighted by atomic mass is 10.1. The van der Waals surface area contributed by atoms with E-state index in [9.17, 15) is 14.4 Å². The van der Waals surface area contributed by atoms with Crippen molar-refractivity contribution in [3.8, 4) is 6.07 Å². The van der Waals surface area contributed by atoms with Crippen molar-refractivity contribution in [2.45, 2.75) is 6.04 Å². The van der Waals surface area contributed by atoms with Crippen molar-refractivity contribution in [3.63, 3.8) is 0 Å². The monoisotopic (exact) mass is 324 g/mol. The minimum absolute atomic E-state index is 0.175. The van der Waals surface area contributed by atoms with Crippen LogP contribution in [0.4, 0.5) is 4.79 Å². The second-order valence-electron chi connectivity index (χ2n) is 5.67. The predicted molar refractivity (Wildman–Crippen MR) is 84.9 cm³/mol. The van der Waals surface area contributed by atoms with Crippen LogP contribution in [0.15, 0.2) is 36.9 Å². The lowest BCUT2D eigenvalue weighted by molar-refractivity contribution is -0.128. The lowest BCUT2D eigenvalue weighted by Gasteiger charge is -2.35. The summed E-state index contributed by atoms with van der Waals surface area (Å²) in [5.41, 5.74) is 0.940. The van der Waals surface area contributed by atoms with Gasteiger partial charge in [0.2, 0.25) is 0 Å². The molecule has 2 fully saturated rings. The number of urea groups is 1. The van der Waals surface area contributed by atoms with E-state index in [0.717, 1.165) is 4.90 Å². The van der Waals surface area contributed by atoms with Crippen molar-refractivity contribution >= 4 is 17.8 Å². The molecule has 0 spiro atoms. The number of fused-ring (bicyclic) bond motifs is 1. The van der Waals surface area contributed by atoms with E-state index >= 15 is 0 Å². The van der Waals surface area contributed by atoms with Gasteiger partial charge in [-0.05, 0) is 24.3 Å². The number of hydrogen-bond acceptors (Lipinski definition) is 4. The van der Waals surface area contributed by atoms with Gasteiger partial charge in [-0.1, -0.05) is 6.08 Å². The molecule has 3 rings (SSSR count). The van der Waals surface area contributed by atoms with Gasteiger partial charge in [-0.2, -0.15) is 5.26 Å². The van der Waals surface area contributed by atoms with E-state index in [4.69, 9.17) is 5.26 Å². The van der Waals surface area contributed by atoms with Crippen molar-refractivity contribution in [1.82, 2.24) is 14.7 Å². The first-order valence-corrected chi connectivity index (χ1v) is 7.59. The molecule has 2 saturated heterocycles. The van der Waals surface area contributed by atoms with Crippen LogP contribution >= 0.6 is 0 Å². The maximum atomic E-state index is 12.6. The molecule has 2 aliphatic rings. The Balaban J connectivity index is 1.75. The SMILES string of the molecule is C=CCN1C(=O)[C@@H]2CN(C(=O)c3ccc(C#N)cc3)CCN2C1=O. The molecule has 7 nitrogen and oxygen atoms in total. The number of nitriles is 1. The molecule has 0 bridgehead atoms. The molecule has 1 atom stereocenters. The van der Waals surface area contributed by atoms with Crippen LogP contribution in [0.3, 0.4) is 0 Å². The summed E-state index contributed by atoms with van der Waals surface area (Å²) in [6, 6.07) is 7.41. The number of hydrogen-bond donors (Lipinski definition) is 0. The molecular formula is C17H16N4O3. The fourth-order valence-electron chi connectivity index (χ4n) is 3.00. The predicted octanol–water partition coefficient (Wildman–Crippen LogP) is 0.833. The van der Waals surface area contributed by atoms with Crippen molar-refractivity contribution < 1.29 is 14.4 Å². The minimum Gasteiger partial charge on any atom is -0.334 e. The first kappa shape index (κ1) is 15.7. The van der Waals surface area contributed by atoms with Crippen LogP contribution in [0.5, 0.6) is 0 Å². The number of amides is 4. The molecule has 24 heavy (non-hydrogen) atoms. The number of rotatable bonds is 3. The maximum absolute atomic E-state index is 12.6. The van der Waals surface area contributed by atoms with Crippen LogP contribution in [0.1, 0.15) is 15.9 Å². The quantitative estimate of drug-likeness (QED) is 0.609. The van der Waals surface area contributed by atoms with Gasteiger partial charge in [-0.3, -0.25) is 14.5 Å². The average Bonchev–Trinajstić information content (AvgIpc) is 2.86. The number of carbonyl (C=O) groups is 3. The first-order valence-electron chi connectivity index (χ1n) is 7.59. The Morgan fingerprint density at radius 2 is 2.00 bits per heavy atom. The number of imide groups is 1. The highest BCUT2D eigenvalue weighted by Gasteiger charge is 2.47. The summed E-state index contributed by atoms with van der Waals surface area (Å²) < 4.78 is 0. The maximum Gasteiger partial charge on any atom is 0.327 e. The van der Waals surface area contributed by atoms with Gasteiger partial charge in [0.1, 0.15) is 6.04 Å². The van der Waals surface area contributed by atoms with Crippen molar-refractivity contribution in [1.29, 1.82) is 5.26 Å². The Hall–Kier alpha value is -3.14. The first-order chi connectivity index (χ1) is 11.6. The molecule has 1 aromatic rings. The normalized spacial score (nSPS) is 20.0. The Kier molecular flexibility index (Phi) is 4.04. The van der Waals surface area contributed by atoms with Crippen LogP contribution in [-0.2, 0) is 4.79 Å². The third kappa shape index (κ3) is 2.52. The molecule has 0 unspecified atom stereocenters. The third-order valence-electron chi connectivity index (χ3n) is 4.27. The van der Waals surface area contributed by atoms with Gasteiger partial charge in [0.25, 0.3) is 11.8 Å². The molecule has 1 aromatic carbocycles. The van der Waals surface area contributed by atoms with Crippen LogP contribution < -0.4 is 0 Å². The second-order valence-corrected chi connectivity index (χ2v) is 5.67. The molecule has 7 heteroatoms. The van der Waals surface area contributed by atoms with Crippen LogP contribution in [0.2, 0.25) is 0 Å². The van der Waals surface area contributed by atoms with Gasteiger partial charge < -0.3 is 9.80 Å². The van der Waals surface area contributed by atoms with E-state index in [-0.39, 0.29) is 30.9 Å². The highest BCUT2D eigenvalue weighted by atomic mass is 16.2. The highest BCUT2D eigenvalue weighted by molar-refractivity contribution is 6.05. The van der Waals surface area contributed by atoms with E-state index in [0.29, 0.717) is 24.2 Å². The van der Waals surface area contributed by atoms with Crippen LogP contribution in [0, 0.1) is 11.3 Å². The average molecular weight is 324 g/mol. The molecule has 4 amide bonds. The van der Waals surface area contributed by atoms with E-state index in [2.05, 4.69) is 6.58 Å². The van der Waals surface area contributed by atoms with Crippen LogP contribution in [0.25, 0.3) is 0 Å². The van der Waals surface area contributed by atoms with Gasteiger partial charge in [-0.15, -0.1) is 6.58 Å². The van der Waals surface area contributed by atoms with Gasteiger partial charge in [0, 0.05) is 25.2 Å². The molecule has 0 aliphatic carbocycles. The smallest absolute Gasteiger partial charge is 0.327 e. The number of carbonyl (C=O) groups excluding carboxylic acids is 3. The summed E-state index contributed by atoms with van der Waals surface area (Å²) in [5.74, 6) is -0.501. The van der Waals surface area contributed by atoms with E-state index < -0.39 is 6.04 Å². The topological polar surface area (TPSA) is 84.7 Å². The zero-order valence-corrected chi connectivity index (χ0v) is 13.0. The number of benzene rings is 1. The number of piperazine rings is 1. The summed E-state index contributed by atoms with van der Waals surface area (Å²) in [5, 5.41) is 8.81. The van der Waals surface area contributed by atoms with Gasteiger partial charge in [-0.25, -0.2) is 4.79 Å². The summed E-state index contributed by atoms with van der Waals surface area (Å²) in [6.07, 6.45) is 1.51. The summed E-state index contributed by atoms with van der Waals surface area (Å²) in [6.45, 7) is 4.60. The van der Waals surface area contributed by atoms with Crippen molar-refractivity contribution in [2.75, 3.05) is 26.2 Å². The van der Waals surface area contributed by atoms with Crippen molar-refractivity contribution in [3.05, 3.63) is 48.0 Å². The molecule has 0 radical (unpaired) electrons. The number of nitrogens with zero attached hydrogens (tertiary/aromatic N) is 4. The summed E-state index contributed by atoms with van der Waals surface area (Å²) in [7, 11) is 0. The van der Waals surface area contributed by atoms with Gasteiger partial charge in [0.15, 0.2) is 0 Å². The fourth-order valence-corrected chi connectivity index (χ4v) is 3.00. The summed E-state index contributed by atoms with van der Waals surface area (Å²) >= 11 is 0.